The van der Waals surface area contributed by atoms with E-state index in [0.717, 1.165) is 16.0 Å². The third-order valence-electron chi connectivity index (χ3n) is 4.40. The third-order valence-corrected chi connectivity index (χ3v) is 5.15. The first-order chi connectivity index (χ1) is 15.1. The zero-order valence-corrected chi connectivity index (χ0v) is 17.5. The van der Waals surface area contributed by atoms with Crippen LogP contribution in [0.3, 0.4) is 0 Å². The van der Waals surface area contributed by atoms with Gasteiger partial charge in [-0.05, 0) is 41.2 Å². The Morgan fingerprint density at radius 1 is 1.16 bits per heavy atom. The number of nitrogens with one attached hydrogen (secondary N) is 1. The van der Waals surface area contributed by atoms with Gasteiger partial charge in [0.2, 0.25) is 11.6 Å². The zero-order valence-electron chi connectivity index (χ0n) is 16.7. The Hall–Kier alpha value is -3.99. The molecule has 0 saturated heterocycles. The van der Waals surface area contributed by atoms with Crippen LogP contribution in [0.2, 0.25) is 0 Å². The minimum Gasteiger partial charge on any atom is -0.378 e. The maximum absolute atomic E-state index is 12.8. The number of carbonyl (C=O) groups excluding carboxylic acids is 1. The number of hydrogen-bond acceptors (Lipinski definition) is 9. The normalized spacial score (nSPS) is 11.2. The first kappa shape index (κ1) is 20.3. The summed E-state index contributed by atoms with van der Waals surface area (Å²) in [6.07, 6.45) is 3.56. The van der Waals surface area contributed by atoms with Gasteiger partial charge in [0, 0.05) is 10.5 Å². The van der Waals surface area contributed by atoms with Crippen LogP contribution < -0.4 is 11.2 Å². The second-order valence-corrected chi connectivity index (χ2v) is 7.39. The van der Waals surface area contributed by atoms with Crippen molar-refractivity contribution in [1.82, 2.24) is 30.7 Å². The fourth-order valence-corrected chi connectivity index (χ4v) is 3.21. The average molecular weight is 434 g/mol. The number of amides is 1. The summed E-state index contributed by atoms with van der Waals surface area (Å²) in [4.78, 5) is 14.0. The molecule has 2 aromatic heterocycles. The summed E-state index contributed by atoms with van der Waals surface area (Å²) in [5.41, 5.74) is 11.4. The molecule has 0 aliphatic carbocycles. The van der Waals surface area contributed by atoms with E-state index in [1.165, 1.54) is 4.68 Å². The third kappa shape index (κ3) is 4.31. The predicted molar refractivity (Wildman–Crippen MR) is 117 cm³/mol. The Balaban J connectivity index is 1.64. The molecule has 4 rings (SSSR count). The number of aryl methyl sites for hydroxylation is 1. The van der Waals surface area contributed by atoms with E-state index in [4.69, 9.17) is 5.73 Å². The second-order valence-electron chi connectivity index (χ2n) is 6.51. The number of rotatable bonds is 6. The molecule has 0 saturated carbocycles. The van der Waals surface area contributed by atoms with E-state index in [1.807, 2.05) is 61.7 Å². The predicted octanol–water partition coefficient (Wildman–Crippen LogP) is 2.69. The number of anilines is 1. The van der Waals surface area contributed by atoms with Crippen molar-refractivity contribution in [3.63, 3.8) is 0 Å². The van der Waals surface area contributed by atoms with Gasteiger partial charge in [0.1, 0.15) is 5.69 Å². The van der Waals surface area contributed by atoms with Gasteiger partial charge in [0.05, 0.1) is 6.21 Å². The molecule has 11 heteroatoms. The number of nitrogens with two attached hydrogens (primary N) is 1. The first-order valence-corrected chi connectivity index (χ1v) is 10.4. The minimum atomic E-state index is -0.533. The molecular weight excluding hydrogens is 416 g/mol. The molecule has 1 amide bonds. The SMILES string of the molecule is CSc1ccc(/C=N\NC(=O)c2nnn(-c3nonc3N)c2-c2ccc(C)cc2)cc1. The standard InChI is InChI=1S/C20H18N8O2S/c1-12-3-7-14(8-4-12)17-16(23-27-28(17)19-18(21)25-30-26-19)20(29)24-22-11-13-5-9-15(31-2)10-6-13/h3-11H,1-2H3,(H2,21,25)(H,24,29)/b22-11-. The van der Waals surface area contributed by atoms with Crippen LogP contribution in [-0.2, 0) is 0 Å². The van der Waals surface area contributed by atoms with E-state index < -0.39 is 5.91 Å². The molecule has 0 spiro atoms. The highest BCUT2D eigenvalue weighted by molar-refractivity contribution is 7.98. The highest BCUT2D eigenvalue weighted by Gasteiger charge is 2.25. The van der Waals surface area contributed by atoms with Crippen molar-refractivity contribution < 1.29 is 9.42 Å². The maximum Gasteiger partial charge on any atom is 0.294 e. The van der Waals surface area contributed by atoms with Crippen molar-refractivity contribution in [2.45, 2.75) is 11.8 Å². The Morgan fingerprint density at radius 2 is 1.90 bits per heavy atom. The number of hydrogen-bond donors (Lipinski definition) is 2. The number of nitrogen functional groups attached to an aromatic ring is 1. The Kier molecular flexibility index (Phi) is 5.76. The summed E-state index contributed by atoms with van der Waals surface area (Å²) >= 11 is 1.65. The van der Waals surface area contributed by atoms with E-state index in [1.54, 1.807) is 18.0 Å². The van der Waals surface area contributed by atoms with Crippen LogP contribution in [0.4, 0.5) is 5.82 Å². The summed E-state index contributed by atoms with van der Waals surface area (Å²) in [5, 5.41) is 19.4. The average Bonchev–Trinajstić information content (AvgIpc) is 3.40. The number of nitrogens with zero attached hydrogens (tertiary/aromatic N) is 6. The van der Waals surface area contributed by atoms with Crippen LogP contribution in [0, 0.1) is 6.92 Å². The fraction of sp³-hybridized carbons (Fsp3) is 0.100. The van der Waals surface area contributed by atoms with Gasteiger partial charge in [-0.1, -0.05) is 47.2 Å². The molecule has 4 aromatic rings. The molecule has 31 heavy (non-hydrogen) atoms. The Bertz CT molecular complexity index is 1230. The number of hydrazone groups is 1. The van der Waals surface area contributed by atoms with Gasteiger partial charge in [-0.2, -0.15) is 9.78 Å². The van der Waals surface area contributed by atoms with Crippen molar-refractivity contribution >= 4 is 29.7 Å². The molecule has 0 aliphatic heterocycles. The zero-order chi connectivity index (χ0) is 21.8. The molecule has 10 nitrogen and oxygen atoms in total. The molecule has 0 aliphatic rings. The lowest BCUT2D eigenvalue weighted by Gasteiger charge is -2.06. The van der Waals surface area contributed by atoms with E-state index in [9.17, 15) is 4.79 Å². The van der Waals surface area contributed by atoms with E-state index in [-0.39, 0.29) is 17.3 Å². The lowest BCUT2D eigenvalue weighted by molar-refractivity contribution is 0.0950. The van der Waals surface area contributed by atoms with Gasteiger partial charge in [-0.15, -0.1) is 16.9 Å². The largest absolute Gasteiger partial charge is 0.378 e. The van der Waals surface area contributed by atoms with Crippen LogP contribution >= 0.6 is 11.8 Å². The molecular formula is C20H18N8O2S. The van der Waals surface area contributed by atoms with Crippen LogP contribution in [-0.4, -0.2) is 43.7 Å². The summed E-state index contributed by atoms with van der Waals surface area (Å²) in [5.74, 6) is -0.370. The monoisotopic (exact) mass is 434 g/mol. The van der Waals surface area contributed by atoms with Gasteiger partial charge in [0.15, 0.2) is 5.69 Å². The number of thioether (sulfide) groups is 1. The van der Waals surface area contributed by atoms with Crippen molar-refractivity contribution in [2.75, 3.05) is 12.0 Å². The van der Waals surface area contributed by atoms with Gasteiger partial charge < -0.3 is 5.73 Å². The fourth-order valence-electron chi connectivity index (χ4n) is 2.80. The molecule has 0 radical (unpaired) electrons. The molecule has 0 fully saturated rings. The molecule has 156 valence electrons. The molecule has 0 atom stereocenters. The van der Waals surface area contributed by atoms with Gasteiger partial charge in [-0.25, -0.2) is 10.1 Å². The quantitative estimate of drug-likeness (QED) is 0.268. The number of aromatic nitrogens is 5. The van der Waals surface area contributed by atoms with Crippen molar-refractivity contribution in [1.29, 1.82) is 0 Å². The summed E-state index contributed by atoms with van der Waals surface area (Å²) in [6.45, 7) is 1.97. The van der Waals surface area contributed by atoms with Crippen LogP contribution in [0.1, 0.15) is 21.6 Å². The highest BCUT2D eigenvalue weighted by atomic mass is 32.2. The second kappa shape index (κ2) is 8.79. The van der Waals surface area contributed by atoms with E-state index >= 15 is 0 Å². The highest BCUT2D eigenvalue weighted by Crippen LogP contribution is 2.26. The molecule has 2 heterocycles. The van der Waals surface area contributed by atoms with Crippen LogP contribution in [0.5, 0.6) is 0 Å². The van der Waals surface area contributed by atoms with Crippen molar-refractivity contribution in [3.05, 3.63) is 65.4 Å². The molecule has 0 bridgehead atoms. The Morgan fingerprint density at radius 3 is 2.55 bits per heavy atom. The van der Waals surface area contributed by atoms with Crippen molar-refractivity contribution in [2.24, 2.45) is 5.10 Å². The van der Waals surface area contributed by atoms with E-state index in [0.29, 0.717) is 11.3 Å². The molecule has 3 N–H and O–H groups in total. The summed E-state index contributed by atoms with van der Waals surface area (Å²) in [6, 6.07) is 15.3. The van der Waals surface area contributed by atoms with Gasteiger partial charge in [-0.3, -0.25) is 4.79 Å². The maximum atomic E-state index is 12.8. The number of carbonyl (C=O) groups is 1. The molecule has 0 unspecified atom stereocenters. The Labute approximate surface area is 181 Å². The van der Waals surface area contributed by atoms with E-state index in [2.05, 4.69) is 35.8 Å². The summed E-state index contributed by atoms with van der Waals surface area (Å²) < 4.78 is 5.99. The lowest BCUT2D eigenvalue weighted by Crippen LogP contribution is -2.19. The summed E-state index contributed by atoms with van der Waals surface area (Å²) in [7, 11) is 0. The van der Waals surface area contributed by atoms with Gasteiger partial charge >= 0.3 is 0 Å². The topological polar surface area (TPSA) is 137 Å². The van der Waals surface area contributed by atoms with Crippen LogP contribution in [0.25, 0.3) is 17.1 Å². The van der Waals surface area contributed by atoms with Crippen molar-refractivity contribution in [3.8, 4) is 17.1 Å². The first-order valence-electron chi connectivity index (χ1n) is 9.15. The number of benzene rings is 2. The van der Waals surface area contributed by atoms with Gasteiger partial charge in [0.25, 0.3) is 5.91 Å². The molecule has 2 aromatic carbocycles. The lowest BCUT2D eigenvalue weighted by atomic mass is 10.1. The van der Waals surface area contributed by atoms with Crippen LogP contribution in [0.15, 0.2) is 63.2 Å². The minimum absolute atomic E-state index is 0.0249. The smallest absolute Gasteiger partial charge is 0.294 e.